The van der Waals surface area contributed by atoms with Crippen LogP contribution < -0.4 is 0 Å². The molecule has 73 heavy (non-hydrogen) atoms. The van der Waals surface area contributed by atoms with E-state index in [0.29, 0.717) is 22.6 Å². The van der Waals surface area contributed by atoms with Crippen LogP contribution in [0.3, 0.4) is 0 Å². The van der Waals surface area contributed by atoms with Crippen LogP contribution in [0.5, 0.6) is 0 Å². The van der Waals surface area contributed by atoms with Gasteiger partial charge in [-0.25, -0.2) is 4.85 Å². The predicted molar refractivity (Wildman–Crippen MR) is 302 cm³/mol. The summed E-state index contributed by atoms with van der Waals surface area (Å²) in [6.07, 6.45) is 0. The van der Waals surface area contributed by atoms with Gasteiger partial charge in [-0.3, -0.25) is 9.13 Å². The van der Waals surface area contributed by atoms with Crippen molar-refractivity contribution < 1.29 is 11.0 Å². The molecule has 0 aliphatic carbocycles. The number of nitrogens with zero attached hydrogens (tertiary/aromatic N) is 8. The summed E-state index contributed by atoms with van der Waals surface area (Å²) in [5.74, 6) is 0.100. The van der Waals surface area contributed by atoms with E-state index >= 15 is 0 Å². The molecule has 16 aromatic rings. The van der Waals surface area contributed by atoms with Crippen molar-refractivity contribution in [2.45, 2.75) is 0 Å². The van der Waals surface area contributed by atoms with E-state index < -0.39 is 48.3 Å². The lowest BCUT2D eigenvalue weighted by Gasteiger charge is -2.20. The van der Waals surface area contributed by atoms with Crippen molar-refractivity contribution in [3.63, 3.8) is 0 Å². The van der Waals surface area contributed by atoms with Crippen molar-refractivity contribution in [1.29, 1.82) is 0 Å². The van der Waals surface area contributed by atoms with Gasteiger partial charge in [0.25, 0.3) is 0 Å². The smallest absolute Gasteiger partial charge is 0.240 e. The average Bonchev–Trinajstić information content (AvgIpc) is 2.71. The number of rotatable bonds is 5. The third kappa shape index (κ3) is 5.55. The Bertz CT molecular complexity index is 5440. The quantitative estimate of drug-likeness (QED) is 0.162. The second-order valence-electron chi connectivity index (χ2n) is 18.0. The molecule has 6 heterocycles. The zero-order chi connectivity index (χ0) is 54.9. The summed E-state index contributed by atoms with van der Waals surface area (Å²) in [6, 6.07) is 52.6. The standard InChI is InChI=1S/C64H36N8S/c1-65-38-33-35-54-47(37-38)44-22-7-9-24-48(44)69(54)55-30-16-31-56(70-49-25-10-6-21-43(49)45-34-36-58-59(61(45)70)46-23-8-15-32-57(46)73-58)60(55)62-66-63(71-50-26-11-2-17-39(50)40-18-3-12-27-51(40)71)68-64(67-62)72-52-28-13-4-19-41(52)42-20-5-14-29-53(42)72/h2-37H/i2D,3D,11D,12D,17D,18D,26D,27D. The number of hydrogen-bond acceptors (Lipinski definition) is 4. The fourth-order valence-electron chi connectivity index (χ4n) is 11.4. The number of aromatic nitrogens is 7. The molecule has 0 radical (unpaired) electrons. The first kappa shape index (κ1) is 32.8. The van der Waals surface area contributed by atoms with Crippen molar-refractivity contribution >= 4 is 124 Å². The fourth-order valence-corrected chi connectivity index (χ4v) is 12.5. The summed E-state index contributed by atoms with van der Waals surface area (Å²) in [5, 5.41) is 7.59. The molecule has 9 heteroatoms. The van der Waals surface area contributed by atoms with Gasteiger partial charge in [-0.05, 0) is 78.1 Å². The minimum atomic E-state index is -0.567. The Morgan fingerprint density at radius 2 is 0.904 bits per heavy atom. The highest BCUT2D eigenvalue weighted by Gasteiger charge is 2.28. The molecule has 0 unspecified atom stereocenters. The van der Waals surface area contributed by atoms with E-state index in [1.54, 1.807) is 11.3 Å². The second kappa shape index (κ2) is 15.1. The van der Waals surface area contributed by atoms with Crippen LogP contribution in [0.2, 0.25) is 0 Å². The van der Waals surface area contributed by atoms with E-state index in [2.05, 4.69) is 68.6 Å². The Labute approximate surface area is 431 Å². The van der Waals surface area contributed by atoms with Crippen molar-refractivity contribution in [2.24, 2.45) is 0 Å². The normalized spacial score (nSPS) is 13.6. The molecule has 10 aromatic carbocycles. The van der Waals surface area contributed by atoms with Gasteiger partial charge in [-0.1, -0.05) is 145 Å². The van der Waals surface area contributed by atoms with E-state index in [-0.39, 0.29) is 39.5 Å². The van der Waals surface area contributed by atoms with Gasteiger partial charge in [0.05, 0.1) is 78.6 Å². The summed E-state index contributed by atoms with van der Waals surface area (Å²) in [5.41, 5.74) is 7.11. The number of thiophene rings is 1. The number of benzene rings is 10. The summed E-state index contributed by atoms with van der Waals surface area (Å²) in [4.78, 5) is 20.3. The predicted octanol–water partition coefficient (Wildman–Crippen LogP) is 16.8. The summed E-state index contributed by atoms with van der Waals surface area (Å²) >= 11 is 1.73. The van der Waals surface area contributed by atoms with Crippen molar-refractivity contribution in [2.75, 3.05) is 0 Å². The lowest BCUT2D eigenvalue weighted by Crippen LogP contribution is -2.12. The second-order valence-corrected chi connectivity index (χ2v) is 19.1. The van der Waals surface area contributed by atoms with Gasteiger partial charge in [0.1, 0.15) is 0 Å². The topological polar surface area (TPSA) is 62.8 Å². The maximum Gasteiger partial charge on any atom is 0.240 e. The Kier molecular flexibility index (Phi) is 6.78. The molecular formula is C64H36N8S. The Balaban J connectivity index is 1.15. The number of para-hydroxylation sites is 6. The molecule has 6 aromatic heterocycles. The van der Waals surface area contributed by atoms with E-state index in [1.807, 2.05) is 120 Å². The molecule has 0 N–H and O–H groups in total. The van der Waals surface area contributed by atoms with Gasteiger partial charge in [0, 0.05) is 57.9 Å². The van der Waals surface area contributed by atoms with Crippen LogP contribution in [0.4, 0.5) is 5.69 Å². The average molecular weight is 957 g/mol. The molecule has 0 saturated heterocycles. The van der Waals surface area contributed by atoms with E-state index in [1.165, 1.54) is 4.57 Å². The Morgan fingerprint density at radius 1 is 0.397 bits per heavy atom. The van der Waals surface area contributed by atoms with Gasteiger partial charge in [0.15, 0.2) is 11.5 Å². The van der Waals surface area contributed by atoms with Crippen LogP contribution in [0, 0.1) is 6.57 Å². The minimum absolute atomic E-state index is 0.106. The first-order valence-corrected chi connectivity index (χ1v) is 24.5. The largest absolute Gasteiger partial charge is 0.309 e. The monoisotopic (exact) mass is 956 g/mol. The Morgan fingerprint density at radius 3 is 1.55 bits per heavy atom. The van der Waals surface area contributed by atoms with Crippen LogP contribution in [-0.4, -0.2) is 33.2 Å². The third-order valence-electron chi connectivity index (χ3n) is 14.3. The molecule has 338 valence electrons. The van der Waals surface area contributed by atoms with E-state index in [9.17, 15) is 5.48 Å². The van der Waals surface area contributed by atoms with Gasteiger partial charge >= 0.3 is 0 Å². The van der Waals surface area contributed by atoms with Gasteiger partial charge in [0.2, 0.25) is 11.9 Å². The first-order valence-electron chi connectivity index (χ1n) is 27.7. The molecule has 16 rings (SSSR count). The van der Waals surface area contributed by atoms with Crippen molar-refractivity contribution in [3.05, 3.63) is 230 Å². The lowest BCUT2D eigenvalue weighted by atomic mass is 10.1. The molecule has 0 amide bonds. The number of hydrogen-bond donors (Lipinski definition) is 0. The zero-order valence-electron chi connectivity index (χ0n) is 46.2. The maximum atomic E-state index is 9.60. The highest BCUT2D eigenvalue weighted by molar-refractivity contribution is 7.26. The molecule has 8 nitrogen and oxygen atoms in total. The third-order valence-corrected chi connectivity index (χ3v) is 15.4. The SMILES string of the molecule is [2H]c1c([2H])c([2H])c2c(c1[2H])c1c([2H])c([2H])c([2H])c([2H])c1n2-c1nc(-c2c(-n3c4ccccc4c4cc([N+]#[C-])ccc43)cccc2-n2c3ccccc3c3ccc4sc5ccccc5c4c32)nc(-n2c3ccccc3c3ccccc32)n1. The zero-order valence-corrected chi connectivity index (χ0v) is 39.0. The van der Waals surface area contributed by atoms with Gasteiger partial charge in [-0.2, -0.15) is 15.0 Å². The van der Waals surface area contributed by atoms with Crippen LogP contribution in [0.15, 0.2) is 218 Å². The first-order chi connectivity index (χ1) is 39.5. The van der Waals surface area contributed by atoms with Crippen molar-refractivity contribution in [1.82, 2.24) is 33.2 Å². The molecule has 0 saturated carbocycles. The highest BCUT2D eigenvalue weighted by Crippen LogP contribution is 2.47. The molecule has 0 aliphatic rings. The molecule has 0 aliphatic heterocycles. The maximum absolute atomic E-state index is 9.60. The molecule has 0 bridgehead atoms. The van der Waals surface area contributed by atoms with Crippen LogP contribution in [-0.2, 0) is 0 Å². The number of fused-ring (bicyclic) bond motifs is 16. The minimum Gasteiger partial charge on any atom is -0.309 e. The molecular weight excluding hydrogens is 913 g/mol. The lowest BCUT2D eigenvalue weighted by molar-refractivity contribution is 0.891. The highest BCUT2D eigenvalue weighted by atomic mass is 32.1. The van der Waals surface area contributed by atoms with Crippen LogP contribution in [0.1, 0.15) is 11.0 Å². The summed E-state index contributed by atoms with van der Waals surface area (Å²) < 4.78 is 83.7. The van der Waals surface area contributed by atoms with E-state index in [0.717, 1.165) is 85.6 Å². The van der Waals surface area contributed by atoms with Gasteiger partial charge in [-0.15, -0.1) is 11.3 Å². The fraction of sp³-hybridized carbons (Fsp3) is 0. The van der Waals surface area contributed by atoms with Crippen molar-refractivity contribution in [3.8, 4) is 34.7 Å². The van der Waals surface area contributed by atoms with Crippen LogP contribution >= 0.6 is 11.3 Å². The van der Waals surface area contributed by atoms with Gasteiger partial charge < -0.3 is 9.13 Å². The summed E-state index contributed by atoms with van der Waals surface area (Å²) in [6.45, 7) is 8.04. The summed E-state index contributed by atoms with van der Waals surface area (Å²) in [7, 11) is 0. The molecule has 0 atom stereocenters. The Hall–Kier alpha value is -9.88. The molecule has 0 spiro atoms. The van der Waals surface area contributed by atoms with Crippen LogP contribution in [0.25, 0.3) is 147 Å². The molecule has 0 fully saturated rings. The van der Waals surface area contributed by atoms with E-state index in [4.69, 9.17) is 27.0 Å².